The van der Waals surface area contributed by atoms with E-state index in [1.165, 1.54) is 11.3 Å². The quantitative estimate of drug-likeness (QED) is 0.372. The molecule has 1 N–H and O–H groups in total. The Balaban J connectivity index is 1.26. The summed E-state index contributed by atoms with van der Waals surface area (Å²) in [5.74, 6) is 1.71. The molecule has 1 aliphatic rings. The second-order valence-corrected chi connectivity index (χ2v) is 9.58. The lowest BCUT2D eigenvalue weighted by atomic mass is 10.1. The van der Waals surface area contributed by atoms with Gasteiger partial charge in [-0.2, -0.15) is 0 Å². The first-order chi connectivity index (χ1) is 16.0. The van der Waals surface area contributed by atoms with E-state index in [4.69, 9.17) is 4.74 Å². The molecule has 33 heavy (non-hydrogen) atoms. The Morgan fingerprint density at radius 1 is 1.09 bits per heavy atom. The summed E-state index contributed by atoms with van der Waals surface area (Å²) in [5.41, 5.74) is 1.60. The van der Waals surface area contributed by atoms with Gasteiger partial charge in [-0.3, -0.25) is 14.6 Å². The zero-order valence-electron chi connectivity index (χ0n) is 17.5. The van der Waals surface area contributed by atoms with E-state index >= 15 is 0 Å². The summed E-state index contributed by atoms with van der Waals surface area (Å²) in [4.78, 5) is 35.9. The van der Waals surface area contributed by atoms with Crippen LogP contribution in [0.3, 0.4) is 0 Å². The second-order valence-electron chi connectivity index (χ2n) is 7.61. The number of anilines is 1. The number of fused-ring (bicyclic) bond motifs is 1. The van der Waals surface area contributed by atoms with Gasteiger partial charge in [-0.1, -0.05) is 12.1 Å². The summed E-state index contributed by atoms with van der Waals surface area (Å²) in [6.07, 6.45) is 4.60. The largest absolute Gasteiger partial charge is 0.456 e. The fourth-order valence-corrected chi connectivity index (χ4v) is 4.67. The van der Waals surface area contributed by atoms with Crippen LogP contribution in [0.15, 0.2) is 65.4 Å². The van der Waals surface area contributed by atoms with Crippen molar-refractivity contribution in [2.75, 3.05) is 18.4 Å². The molecule has 0 atom stereocenters. The number of halogens is 1. The summed E-state index contributed by atoms with van der Waals surface area (Å²) in [6.45, 7) is 1.63. The average molecular weight is 523 g/mol. The van der Waals surface area contributed by atoms with Crippen LogP contribution in [0, 0.1) is 0 Å². The molecule has 5 rings (SSSR count). The number of hydrogen-bond donors (Lipinski definition) is 1. The van der Waals surface area contributed by atoms with Gasteiger partial charge in [-0.15, -0.1) is 11.3 Å². The molecular formula is C24H19BrN4O3S. The molecule has 1 aliphatic heterocycles. The zero-order valence-corrected chi connectivity index (χ0v) is 19.9. The number of rotatable bonds is 6. The van der Waals surface area contributed by atoms with Gasteiger partial charge in [0.2, 0.25) is 5.91 Å². The highest BCUT2D eigenvalue weighted by atomic mass is 79.9. The van der Waals surface area contributed by atoms with Crippen LogP contribution in [0.1, 0.15) is 21.7 Å². The molecule has 0 saturated carbocycles. The Morgan fingerprint density at radius 2 is 1.91 bits per heavy atom. The van der Waals surface area contributed by atoms with Crippen LogP contribution in [0.25, 0.3) is 10.2 Å². The third-order valence-corrected chi connectivity index (χ3v) is 6.84. The molecule has 0 unspecified atom stereocenters. The summed E-state index contributed by atoms with van der Waals surface area (Å²) in [6, 6.07) is 14.5. The molecule has 1 fully saturated rings. The monoisotopic (exact) mass is 522 g/mol. The maximum Gasteiger partial charge on any atom is 0.264 e. The molecule has 0 radical (unpaired) electrons. The minimum absolute atomic E-state index is 0.0520. The predicted molar refractivity (Wildman–Crippen MR) is 131 cm³/mol. The van der Waals surface area contributed by atoms with Gasteiger partial charge in [0, 0.05) is 36.0 Å². The number of amides is 2. The Kier molecular flexibility index (Phi) is 6.06. The van der Waals surface area contributed by atoms with Crippen LogP contribution in [0.5, 0.6) is 11.5 Å². The van der Waals surface area contributed by atoms with Crippen molar-refractivity contribution < 1.29 is 14.3 Å². The number of hydrogen-bond acceptors (Lipinski definition) is 6. The topological polar surface area (TPSA) is 84.4 Å². The standard InChI is InChI=1S/C24H19BrN4O3S/c25-16-4-7-21(27-14-16)28-22(30)12-15-2-5-17(6-3-15)32-19-8-9-26-18-13-20(33-23(18)19)24(31)29-10-1-11-29/h2-9,13-14H,1,10-12H2,(H,27,28,30). The van der Waals surface area contributed by atoms with Crippen molar-refractivity contribution in [1.82, 2.24) is 14.9 Å². The van der Waals surface area contributed by atoms with E-state index < -0.39 is 0 Å². The van der Waals surface area contributed by atoms with Crippen LogP contribution in [0.4, 0.5) is 5.82 Å². The molecule has 1 aromatic carbocycles. The Hall–Kier alpha value is -3.30. The molecule has 2 amide bonds. The highest BCUT2D eigenvalue weighted by Crippen LogP contribution is 2.35. The third kappa shape index (κ3) is 4.89. The van der Waals surface area contributed by atoms with Gasteiger partial charge in [0.25, 0.3) is 5.91 Å². The van der Waals surface area contributed by atoms with Gasteiger partial charge in [0.05, 0.1) is 21.5 Å². The SMILES string of the molecule is O=C(Cc1ccc(Oc2ccnc3cc(C(=O)N4CCC4)sc23)cc1)Nc1ccc(Br)cn1. The fourth-order valence-electron chi connectivity index (χ4n) is 3.40. The van der Waals surface area contributed by atoms with Crippen molar-refractivity contribution in [3.8, 4) is 11.5 Å². The van der Waals surface area contributed by atoms with Crippen molar-refractivity contribution in [3.63, 3.8) is 0 Å². The molecule has 0 aliphatic carbocycles. The molecule has 0 spiro atoms. The first-order valence-corrected chi connectivity index (χ1v) is 12.0. The second kappa shape index (κ2) is 9.29. The average Bonchev–Trinajstić information content (AvgIpc) is 3.21. The normalized spacial score (nSPS) is 12.9. The minimum Gasteiger partial charge on any atom is -0.456 e. The van der Waals surface area contributed by atoms with Crippen molar-refractivity contribution in [3.05, 3.63) is 75.8 Å². The molecule has 4 aromatic rings. The number of pyridine rings is 2. The lowest BCUT2D eigenvalue weighted by Gasteiger charge is -2.30. The van der Waals surface area contributed by atoms with Gasteiger partial charge in [0.1, 0.15) is 17.3 Å². The van der Waals surface area contributed by atoms with E-state index in [0.717, 1.165) is 39.8 Å². The van der Waals surface area contributed by atoms with E-state index in [1.54, 1.807) is 24.5 Å². The van der Waals surface area contributed by atoms with Crippen LogP contribution in [-0.2, 0) is 11.2 Å². The van der Waals surface area contributed by atoms with Crippen LogP contribution >= 0.6 is 27.3 Å². The Morgan fingerprint density at radius 3 is 2.61 bits per heavy atom. The number of aromatic nitrogens is 2. The van der Waals surface area contributed by atoms with Crippen LogP contribution in [-0.4, -0.2) is 39.8 Å². The van der Waals surface area contributed by atoms with Crippen molar-refractivity contribution in [2.45, 2.75) is 12.8 Å². The maximum absolute atomic E-state index is 12.6. The number of likely N-dealkylation sites (tertiary alicyclic amines) is 1. The summed E-state index contributed by atoms with van der Waals surface area (Å²) >= 11 is 4.72. The summed E-state index contributed by atoms with van der Waals surface area (Å²) in [7, 11) is 0. The van der Waals surface area contributed by atoms with E-state index in [1.807, 2.05) is 41.3 Å². The van der Waals surface area contributed by atoms with Crippen LogP contribution < -0.4 is 10.1 Å². The summed E-state index contributed by atoms with van der Waals surface area (Å²) in [5, 5.41) is 2.78. The van der Waals surface area contributed by atoms with Gasteiger partial charge < -0.3 is 15.0 Å². The molecule has 7 nitrogen and oxygen atoms in total. The number of nitrogens with zero attached hydrogens (tertiary/aromatic N) is 3. The molecule has 4 heterocycles. The first kappa shape index (κ1) is 21.5. The Labute approximate surface area is 202 Å². The number of carbonyl (C=O) groups excluding carboxylic acids is 2. The van der Waals surface area contributed by atoms with Gasteiger partial charge >= 0.3 is 0 Å². The minimum atomic E-state index is -0.146. The zero-order chi connectivity index (χ0) is 22.8. The van der Waals surface area contributed by atoms with Crippen molar-refractivity contribution >= 4 is 55.1 Å². The molecule has 3 aromatic heterocycles. The van der Waals surface area contributed by atoms with Crippen molar-refractivity contribution in [2.24, 2.45) is 0 Å². The number of benzene rings is 1. The van der Waals surface area contributed by atoms with Crippen molar-refractivity contribution in [1.29, 1.82) is 0 Å². The molecule has 9 heteroatoms. The molecule has 1 saturated heterocycles. The smallest absolute Gasteiger partial charge is 0.264 e. The number of thiophene rings is 1. The third-order valence-electron chi connectivity index (χ3n) is 5.24. The highest BCUT2D eigenvalue weighted by Gasteiger charge is 2.24. The Bertz CT molecular complexity index is 1320. The first-order valence-electron chi connectivity index (χ1n) is 10.4. The fraction of sp³-hybridized carbons (Fsp3) is 0.167. The lowest BCUT2D eigenvalue weighted by molar-refractivity contribution is -0.115. The van der Waals surface area contributed by atoms with E-state index in [0.29, 0.717) is 22.2 Å². The maximum atomic E-state index is 12.6. The van der Waals surface area contributed by atoms with E-state index in [-0.39, 0.29) is 18.2 Å². The van der Waals surface area contributed by atoms with E-state index in [2.05, 4.69) is 31.2 Å². The molecular weight excluding hydrogens is 504 g/mol. The number of carbonyl (C=O) groups is 2. The summed E-state index contributed by atoms with van der Waals surface area (Å²) < 4.78 is 7.77. The predicted octanol–water partition coefficient (Wildman–Crippen LogP) is 5.27. The highest BCUT2D eigenvalue weighted by molar-refractivity contribution is 9.10. The van der Waals surface area contributed by atoms with Gasteiger partial charge in [-0.25, -0.2) is 4.98 Å². The molecule has 166 valence electrons. The number of nitrogens with one attached hydrogen (secondary N) is 1. The van der Waals surface area contributed by atoms with Crippen LogP contribution in [0.2, 0.25) is 0 Å². The van der Waals surface area contributed by atoms with Gasteiger partial charge in [0.15, 0.2) is 0 Å². The van der Waals surface area contributed by atoms with E-state index in [9.17, 15) is 9.59 Å². The van der Waals surface area contributed by atoms with Gasteiger partial charge in [-0.05, 0) is 58.2 Å². The lowest BCUT2D eigenvalue weighted by Crippen LogP contribution is -2.41. The molecule has 0 bridgehead atoms. The number of ether oxygens (including phenoxy) is 1.